The zero-order chi connectivity index (χ0) is 19.8. The SMILES string of the molecule is CCCCOc1ccccc1[C@H]1CC[C@@H](OCC2C(N)CCCN2C=O)CC1. The zero-order valence-electron chi connectivity index (χ0n) is 17.2. The largest absolute Gasteiger partial charge is 0.493 e. The van der Waals surface area contributed by atoms with E-state index in [9.17, 15) is 4.79 Å². The number of nitrogens with zero attached hydrogens (tertiary/aromatic N) is 1. The van der Waals surface area contributed by atoms with Gasteiger partial charge in [0.25, 0.3) is 0 Å². The summed E-state index contributed by atoms with van der Waals surface area (Å²) in [4.78, 5) is 13.1. The third kappa shape index (κ3) is 5.48. The van der Waals surface area contributed by atoms with Gasteiger partial charge in [-0.3, -0.25) is 4.79 Å². The third-order valence-corrected chi connectivity index (χ3v) is 6.30. The smallest absolute Gasteiger partial charge is 0.210 e. The van der Waals surface area contributed by atoms with Gasteiger partial charge < -0.3 is 20.1 Å². The minimum absolute atomic E-state index is 0.0247. The summed E-state index contributed by atoms with van der Waals surface area (Å²) in [6, 6.07) is 8.55. The quantitative estimate of drug-likeness (QED) is 0.515. The van der Waals surface area contributed by atoms with Crippen molar-refractivity contribution in [2.24, 2.45) is 5.73 Å². The van der Waals surface area contributed by atoms with Crippen LogP contribution in [0.1, 0.15) is 69.8 Å². The number of ether oxygens (including phenoxy) is 2. The lowest BCUT2D eigenvalue weighted by atomic mass is 9.82. The molecule has 2 unspecified atom stereocenters. The number of carbonyl (C=O) groups is 1. The standard InChI is InChI=1S/C23H36N2O3/c1-2-3-15-27-23-9-5-4-7-20(23)18-10-12-19(13-11-18)28-16-22-21(24)8-6-14-25(22)17-26/h4-5,7,9,17-19,21-22H,2-3,6,8,10-16,24H2,1H3/t18-,19+,21?,22?. The number of hydrogen-bond acceptors (Lipinski definition) is 4. The summed E-state index contributed by atoms with van der Waals surface area (Å²) in [6.07, 6.45) is 9.74. The minimum Gasteiger partial charge on any atom is -0.493 e. The predicted octanol–water partition coefficient (Wildman–Crippen LogP) is 3.86. The first-order valence-corrected chi connectivity index (χ1v) is 11.0. The van der Waals surface area contributed by atoms with Crippen LogP contribution in [0, 0.1) is 0 Å². The maximum Gasteiger partial charge on any atom is 0.210 e. The first kappa shape index (κ1) is 21.1. The van der Waals surface area contributed by atoms with Gasteiger partial charge in [0.15, 0.2) is 0 Å². The van der Waals surface area contributed by atoms with Crippen LogP contribution in [0.5, 0.6) is 5.75 Å². The van der Waals surface area contributed by atoms with E-state index in [-0.39, 0.29) is 18.2 Å². The molecule has 0 spiro atoms. The normalized spacial score (nSPS) is 28.1. The summed E-state index contributed by atoms with van der Waals surface area (Å²) < 4.78 is 12.2. The molecule has 2 aliphatic rings. The van der Waals surface area contributed by atoms with Crippen LogP contribution < -0.4 is 10.5 Å². The molecule has 5 nitrogen and oxygen atoms in total. The van der Waals surface area contributed by atoms with Gasteiger partial charge in [0, 0.05) is 12.6 Å². The van der Waals surface area contributed by atoms with E-state index < -0.39 is 0 Å². The molecule has 0 radical (unpaired) electrons. The highest BCUT2D eigenvalue weighted by atomic mass is 16.5. The Morgan fingerprint density at radius 1 is 1.18 bits per heavy atom. The topological polar surface area (TPSA) is 64.8 Å². The van der Waals surface area contributed by atoms with Crippen molar-refractivity contribution in [3.8, 4) is 5.75 Å². The van der Waals surface area contributed by atoms with Crippen molar-refractivity contribution in [2.75, 3.05) is 19.8 Å². The minimum atomic E-state index is 0.0247. The first-order chi connectivity index (χ1) is 13.7. The molecule has 2 N–H and O–H groups in total. The van der Waals surface area contributed by atoms with E-state index in [1.807, 2.05) is 4.90 Å². The second-order valence-electron chi connectivity index (χ2n) is 8.26. The molecule has 156 valence electrons. The van der Waals surface area contributed by atoms with Gasteiger partial charge in [0.2, 0.25) is 6.41 Å². The highest BCUT2D eigenvalue weighted by Crippen LogP contribution is 2.38. The fraction of sp³-hybridized carbons (Fsp3) is 0.696. The van der Waals surface area contributed by atoms with Crippen LogP contribution in [-0.4, -0.2) is 49.3 Å². The number of piperidine rings is 1. The summed E-state index contributed by atoms with van der Waals surface area (Å²) in [5, 5.41) is 0. The second kappa shape index (κ2) is 10.8. The van der Waals surface area contributed by atoms with E-state index in [2.05, 4.69) is 31.2 Å². The summed E-state index contributed by atoms with van der Waals surface area (Å²) in [5.74, 6) is 1.59. The zero-order valence-corrected chi connectivity index (χ0v) is 17.2. The Bertz CT molecular complexity index is 601. The molecule has 0 bridgehead atoms. The Labute approximate surface area is 169 Å². The predicted molar refractivity (Wildman–Crippen MR) is 112 cm³/mol. The molecule has 0 aromatic heterocycles. The Balaban J connectivity index is 1.49. The van der Waals surface area contributed by atoms with Gasteiger partial charge in [-0.1, -0.05) is 31.5 Å². The van der Waals surface area contributed by atoms with E-state index in [4.69, 9.17) is 15.2 Å². The van der Waals surface area contributed by atoms with Crippen molar-refractivity contribution >= 4 is 6.41 Å². The molecule has 28 heavy (non-hydrogen) atoms. The Hall–Kier alpha value is -1.59. The van der Waals surface area contributed by atoms with Crippen molar-refractivity contribution in [3.05, 3.63) is 29.8 Å². The molecule has 1 amide bonds. The number of likely N-dealkylation sites (tertiary alicyclic amines) is 1. The van der Waals surface area contributed by atoms with Crippen molar-refractivity contribution < 1.29 is 14.3 Å². The number of carbonyl (C=O) groups excluding carboxylic acids is 1. The molecule has 1 aromatic rings. The molecule has 1 aliphatic heterocycles. The van der Waals surface area contributed by atoms with Gasteiger partial charge in [0.1, 0.15) is 5.75 Å². The maximum absolute atomic E-state index is 11.3. The van der Waals surface area contributed by atoms with E-state index in [1.54, 1.807) is 0 Å². The van der Waals surface area contributed by atoms with E-state index in [1.165, 1.54) is 5.56 Å². The highest BCUT2D eigenvalue weighted by molar-refractivity contribution is 5.48. The number of para-hydroxylation sites is 1. The molecular formula is C23H36N2O3. The number of benzene rings is 1. The summed E-state index contributed by atoms with van der Waals surface area (Å²) in [5.41, 5.74) is 7.58. The fourth-order valence-corrected chi connectivity index (χ4v) is 4.51. The molecule has 1 aromatic carbocycles. The van der Waals surface area contributed by atoms with Gasteiger partial charge >= 0.3 is 0 Å². The molecule has 1 saturated heterocycles. The average molecular weight is 389 g/mol. The van der Waals surface area contributed by atoms with Crippen LogP contribution >= 0.6 is 0 Å². The van der Waals surface area contributed by atoms with Crippen LogP contribution in [0.25, 0.3) is 0 Å². The molecule has 5 heteroatoms. The lowest BCUT2D eigenvalue weighted by molar-refractivity contribution is -0.124. The van der Waals surface area contributed by atoms with Gasteiger partial charge in [-0.2, -0.15) is 0 Å². The van der Waals surface area contributed by atoms with Crippen molar-refractivity contribution in [2.45, 2.75) is 82.4 Å². The van der Waals surface area contributed by atoms with Crippen LogP contribution in [0.15, 0.2) is 24.3 Å². The summed E-state index contributed by atoms with van der Waals surface area (Å²) in [6.45, 7) is 4.34. The Morgan fingerprint density at radius 2 is 1.96 bits per heavy atom. The van der Waals surface area contributed by atoms with Crippen molar-refractivity contribution in [3.63, 3.8) is 0 Å². The van der Waals surface area contributed by atoms with Crippen molar-refractivity contribution in [1.29, 1.82) is 0 Å². The number of nitrogens with two attached hydrogens (primary N) is 1. The highest BCUT2D eigenvalue weighted by Gasteiger charge is 2.30. The lowest BCUT2D eigenvalue weighted by Crippen LogP contribution is -2.54. The Morgan fingerprint density at radius 3 is 2.71 bits per heavy atom. The van der Waals surface area contributed by atoms with Crippen LogP contribution in [0.4, 0.5) is 0 Å². The molecule has 3 rings (SSSR count). The first-order valence-electron chi connectivity index (χ1n) is 11.0. The molecule has 2 atom stereocenters. The number of amides is 1. The fourth-order valence-electron chi connectivity index (χ4n) is 4.51. The van der Waals surface area contributed by atoms with Crippen LogP contribution in [0.3, 0.4) is 0 Å². The molecule has 1 heterocycles. The van der Waals surface area contributed by atoms with E-state index in [0.717, 1.165) is 76.7 Å². The van der Waals surface area contributed by atoms with Gasteiger partial charge in [-0.05, 0) is 62.5 Å². The number of hydrogen-bond donors (Lipinski definition) is 1. The van der Waals surface area contributed by atoms with E-state index >= 15 is 0 Å². The Kier molecular flexibility index (Phi) is 8.16. The summed E-state index contributed by atoms with van der Waals surface area (Å²) >= 11 is 0. The van der Waals surface area contributed by atoms with Crippen LogP contribution in [0.2, 0.25) is 0 Å². The maximum atomic E-state index is 11.3. The summed E-state index contributed by atoms with van der Waals surface area (Å²) in [7, 11) is 0. The molecular weight excluding hydrogens is 352 g/mol. The second-order valence-corrected chi connectivity index (χ2v) is 8.26. The van der Waals surface area contributed by atoms with Gasteiger partial charge in [0.05, 0.1) is 25.4 Å². The average Bonchev–Trinajstić information content (AvgIpc) is 2.74. The van der Waals surface area contributed by atoms with Crippen molar-refractivity contribution in [1.82, 2.24) is 4.90 Å². The van der Waals surface area contributed by atoms with Gasteiger partial charge in [-0.15, -0.1) is 0 Å². The number of unbranched alkanes of at least 4 members (excludes halogenated alkanes) is 1. The monoisotopic (exact) mass is 388 g/mol. The van der Waals surface area contributed by atoms with Crippen LogP contribution in [-0.2, 0) is 9.53 Å². The third-order valence-electron chi connectivity index (χ3n) is 6.30. The number of rotatable bonds is 9. The van der Waals surface area contributed by atoms with Gasteiger partial charge in [-0.25, -0.2) is 0 Å². The lowest BCUT2D eigenvalue weighted by Gasteiger charge is -2.38. The van der Waals surface area contributed by atoms with E-state index in [0.29, 0.717) is 12.5 Å². The molecule has 2 fully saturated rings. The molecule has 1 saturated carbocycles. The molecule has 1 aliphatic carbocycles.